The summed E-state index contributed by atoms with van der Waals surface area (Å²) in [7, 11) is -3.75. The smallest absolute Gasteiger partial charge is 0.264 e. The number of carbonyl (C=O) groups excluding carboxylic acids is 1. The van der Waals surface area contributed by atoms with Crippen LogP contribution in [0.5, 0.6) is 0 Å². The lowest BCUT2D eigenvalue weighted by molar-refractivity contribution is -0.118. The van der Waals surface area contributed by atoms with Crippen LogP contribution in [0.25, 0.3) is 0 Å². The third kappa shape index (κ3) is 3.93. The second-order valence-electron chi connectivity index (χ2n) is 5.13. The van der Waals surface area contributed by atoms with Crippen molar-refractivity contribution in [2.75, 3.05) is 0 Å². The van der Waals surface area contributed by atoms with Gasteiger partial charge in [-0.2, -0.15) is 0 Å². The molecule has 1 aliphatic rings. The minimum Gasteiger partial charge on any atom is -0.274 e. The second-order valence-corrected chi connectivity index (χ2v) is 6.81. The molecule has 0 aromatic heterocycles. The van der Waals surface area contributed by atoms with Crippen molar-refractivity contribution in [1.82, 2.24) is 4.72 Å². The topological polar surface area (TPSA) is 63.2 Å². The van der Waals surface area contributed by atoms with Crippen molar-refractivity contribution in [2.45, 2.75) is 43.9 Å². The van der Waals surface area contributed by atoms with Crippen LogP contribution in [-0.4, -0.2) is 14.3 Å². The van der Waals surface area contributed by atoms with Gasteiger partial charge >= 0.3 is 0 Å². The molecule has 2 rings (SSSR count). The third-order valence-electron chi connectivity index (χ3n) is 3.35. The fourth-order valence-electron chi connectivity index (χ4n) is 2.23. The molecule has 0 fully saturated rings. The maximum Gasteiger partial charge on any atom is 0.264 e. The largest absolute Gasteiger partial charge is 0.274 e. The number of hydrogen-bond donors (Lipinski definition) is 1. The van der Waals surface area contributed by atoms with Gasteiger partial charge in [-0.05, 0) is 44.7 Å². The van der Waals surface area contributed by atoms with E-state index in [1.807, 2.05) is 13.0 Å². The first kappa shape index (κ1) is 14.8. The Hall–Kier alpha value is -1.62. The SMILES string of the molecule is Cc1ccc(S(=O)(=O)NC(=O)CC2=CCCCC2)cc1. The number of aryl methyl sites for hydroxylation is 1. The minimum absolute atomic E-state index is 0.120. The lowest BCUT2D eigenvalue weighted by Gasteiger charge is -2.12. The molecule has 1 N–H and O–H groups in total. The number of amides is 1. The number of hydrogen-bond acceptors (Lipinski definition) is 3. The zero-order valence-electron chi connectivity index (χ0n) is 11.6. The zero-order valence-corrected chi connectivity index (χ0v) is 12.4. The summed E-state index contributed by atoms with van der Waals surface area (Å²) in [5, 5.41) is 0. The van der Waals surface area contributed by atoms with Gasteiger partial charge < -0.3 is 0 Å². The summed E-state index contributed by atoms with van der Waals surface area (Å²) in [6.07, 6.45) is 6.30. The molecule has 1 aromatic carbocycles. The first-order valence-electron chi connectivity index (χ1n) is 6.77. The summed E-state index contributed by atoms with van der Waals surface area (Å²) >= 11 is 0. The number of carbonyl (C=O) groups is 1. The Labute approximate surface area is 119 Å². The number of benzene rings is 1. The Morgan fingerprint density at radius 2 is 1.90 bits per heavy atom. The van der Waals surface area contributed by atoms with Crippen molar-refractivity contribution < 1.29 is 13.2 Å². The summed E-state index contributed by atoms with van der Waals surface area (Å²) < 4.78 is 26.2. The lowest BCUT2D eigenvalue weighted by atomic mass is 9.97. The summed E-state index contributed by atoms with van der Waals surface area (Å²) in [4.78, 5) is 12.0. The van der Waals surface area contributed by atoms with E-state index in [2.05, 4.69) is 4.72 Å². The molecule has 0 aliphatic heterocycles. The van der Waals surface area contributed by atoms with Crippen molar-refractivity contribution >= 4 is 15.9 Å². The Balaban J connectivity index is 2.02. The van der Waals surface area contributed by atoms with Gasteiger partial charge in [-0.25, -0.2) is 13.1 Å². The first-order chi connectivity index (χ1) is 9.47. The zero-order chi connectivity index (χ0) is 14.6. The van der Waals surface area contributed by atoms with E-state index in [1.54, 1.807) is 12.1 Å². The van der Waals surface area contributed by atoms with Crippen molar-refractivity contribution in [1.29, 1.82) is 0 Å². The molecule has 0 atom stereocenters. The first-order valence-corrected chi connectivity index (χ1v) is 8.26. The summed E-state index contributed by atoms with van der Waals surface area (Å²) in [5.74, 6) is -0.460. The van der Waals surface area contributed by atoms with E-state index in [0.717, 1.165) is 36.8 Å². The maximum atomic E-state index is 12.0. The van der Waals surface area contributed by atoms with E-state index in [1.165, 1.54) is 12.1 Å². The summed E-state index contributed by atoms with van der Waals surface area (Å²) in [5.41, 5.74) is 2.01. The van der Waals surface area contributed by atoms with E-state index in [9.17, 15) is 13.2 Å². The van der Waals surface area contributed by atoms with Gasteiger partial charge in [-0.15, -0.1) is 0 Å². The van der Waals surface area contributed by atoms with Crippen LogP contribution in [-0.2, 0) is 14.8 Å². The molecule has 1 amide bonds. The second kappa shape index (κ2) is 6.22. The normalized spacial score (nSPS) is 15.6. The molecular weight excluding hydrogens is 274 g/mol. The predicted octanol–water partition coefficient (Wildman–Crippen LogP) is 2.69. The molecule has 20 heavy (non-hydrogen) atoms. The Bertz CT molecular complexity index is 615. The standard InChI is InChI=1S/C15H19NO3S/c1-12-7-9-14(10-8-12)20(18,19)16-15(17)11-13-5-3-2-4-6-13/h5,7-10H,2-4,6,11H2,1H3,(H,16,17). The van der Waals surface area contributed by atoms with Gasteiger partial charge in [-0.1, -0.05) is 29.3 Å². The van der Waals surface area contributed by atoms with Gasteiger partial charge in [0.05, 0.1) is 4.90 Å². The molecule has 1 aliphatic carbocycles. The van der Waals surface area contributed by atoms with E-state index in [0.29, 0.717) is 0 Å². The third-order valence-corrected chi connectivity index (χ3v) is 4.74. The van der Waals surface area contributed by atoms with E-state index >= 15 is 0 Å². The van der Waals surface area contributed by atoms with Gasteiger partial charge in [0.1, 0.15) is 0 Å². The van der Waals surface area contributed by atoms with Crippen LogP contribution in [0, 0.1) is 6.92 Å². The maximum absolute atomic E-state index is 12.0. The van der Waals surface area contributed by atoms with Crippen molar-refractivity contribution in [3.05, 3.63) is 41.5 Å². The fourth-order valence-corrected chi connectivity index (χ4v) is 3.22. The van der Waals surface area contributed by atoms with Crippen molar-refractivity contribution in [3.8, 4) is 0 Å². The average Bonchev–Trinajstić information content (AvgIpc) is 2.39. The molecule has 108 valence electrons. The van der Waals surface area contributed by atoms with Crippen molar-refractivity contribution in [2.24, 2.45) is 0 Å². The Morgan fingerprint density at radius 3 is 2.50 bits per heavy atom. The molecule has 0 heterocycles. The van der Waals surface area contributed by atoms with Crippen LogP contribution in [0.1, 0.15) is 37.7 Å². The highest BCUT2D eigenvalue weighted by Crippen LogP contribution is 2.20. The van der Waals surface area contributed by atoms with Gasteiger partial charge in [0, 0.05) is 6.42 Å². The number of allylic oxidation sites excluding steroid dienone is 1. The van der Waals surface area contributed by atoms with Gasteiger partial charge in [0.25, 0.3) is 10.0 Å². The number of rotatable bonds is 4. The van der Waals surface area contributed by atoms with Crippen LogP contribution in [0.4, 0.5) is 0 Å². The molecule has 1 aromatic rings. The number of sulfonamides is 1. The molecule has 0 bridgehead atoms. The summed E-state index contributed by atoms with van der Waals surface area (Å²) in [6, 6.07) is 6.43. The Morgan fingerprint density at radius 1 is 1.20 bits per heavy atom. The average molecular weight is 293 g/mol. The lowest BCUT2D eigenvalue weighted by Crippen LogP contribution is -2.30. The molecule has 0 unspecified atom stereocenters. The molecule has 0 spiro atoms. The van der Waals surface area contributed by atoms with Crippen LogP contribution in [0.3, 0.4) is 0 Å². The minimum atomic E-state index is -3.75. The highest BCUT2D eigenvalue weighted by molar-refractivity contribution is 7.90. The van der Waals surface area contributed by atoms with E-state index in [-0.39, 0.29) is 11.3 Å². The molecule has 4 nitrogen and oxygen atoms in total. The van der Waals surface area contributed by atoms with Gasteiger partial charge in [0.2, 0.25) is 5.91 Å². The Kier molecular flexibility index (Phi) is 4.60. The van der Waals surface area contributed by atoms with Crippen LogP contribution >= 0.6 is 0 Å². The van der Waals surface area contributed by atoms with Crippen LogP contribution < -0.4 is 4.72 Å². The quantitative estimate of drug-likeness (QED) is 0.868. The fraction of sp³-hybridized carbons (Fsp3) is 0.400. The molecular formula is C15H19NO3S. The number of nitrogens with one attached hydrogen (secondary N) is 1. The highest BCUT2D eigenvalue weighted by Gasteiger charge is 2.18. The predicted molar refractivity (Wildman–Crippen MR) is 77.7 cm³/mol. The molecule has 0 saturated carbocycles. The molecule has 5 heteroatoms. The van der Waals surface area contributed by atoms with E-state index < -0.39 is 15.9 Å². The highest BCUT2D eigenvalue weighted by atomic mass is 32.2. The van der Waals surface area contributed by atoms with Crippen molar-refractivity contribution in [3.63, 3.8) is 0 Å². The van der Waals surface area contributed by atoms with Gasteiger partial charge in [0.15, 0.2) is 0 Å². The van der Waals surface area contributed by atoms with E-state index in [4.69, 9.17) is 0 Å². The van der Waals surface area contributed by atoms with Crippen LogP contribution in [0.2, 0.25) is 0 Å². The van der Waals surface area contributed by atoms with Crippen LogP contribution in [0.15, 0.2) is 40.8 Å². The molecule has 0 radical (unpaired) electrons. The van der Waals surface area contributed by atoms with Gasteiger partial charge in [-0.3, -0.25) is 4.79 Å². The summed E-state index contributed by atoms with van der Waals surface area (Å²) in [6.45, 7) is 1.88. The monoisotopic (exact) mass is 293 g/mol. The molecule has 0 saturated heterocycles.